The minimum absolute atomic E-state index is 0.0221. The number of aromatic hydroxyl groups is 2. The van der Waals surface area contributed by atoms with Gasteiger partial charge in [0, 0.05) is 93.3 Å². The zero-order valence-electron chi connectivity index (χ0n) is 58.6. The number of nitrogens with one attached hydrogen (secondary N) is 11. The number of carbonyl (C=O) groups excluding carboxylic acids is 12. The number of benzene rings is 3. The number of primary amides is 2. The predicted octanol–water partition coefficient (Wildman–Crippen LogP) is -3.52. The van der Waals surface area contributed by atoms with Crippen LogP contribution in [-0.2, 0) is 91.6 Å². The van der Waals surface area contributed by atoms with E-state index in [0.29, 0.717) is 53.3 Å². The molecule has 3 heterocycles. The van der Waals surface area contributed by atoms with Crippen molar-refractivity contribution >= 4 is 125 Å². The number of phenols is 2. The van der Waals surface area contributed by atoms with Crippen LogP contribution >= 0.6 is 21.6 Å². The summed E-state index contributed by atoms with van der Waals surface area (Å²) in [5.41, 5.74) is 30.1. The van der Waals surface area contributed by atoms with Crippen LogP contribution in [0, 0.1) is 5.92 Å². The predicted molar refractivity (Wildman–Crippen MR) is 394 cm³/mol. The van der Waals surface area contributed by atoms with Crippen LogP contribution in [0.25, 0.3) is 10.9 Å². The summed E-state index contributed by atoms with van der Waals surface area (Å²) in [6, 6.07) is 2.52. The molecule has 1 aliphatic carbocycles. The number of aliphatic carboxylic acids is 1. The second-order valence-electron chi connectivity index (χ2n) is 26.2. The molecule has 1 saturated carbocycles. The van der Waals surface area contributed by atoms with Crippen LogP contribution in [-0.4, -0.2) is 220 Å². The third kappa shape index (κ3) is 26.3. The Morgan fingerprint density at radius 1 is 0.645 bits per heavy atom. The van der Waals surface area contributed by atoms with E-state index in [9.17, 15) is 71.7 Å². The molecule has 0 spiro atoms. The van der Waals surface area contributed by atoms with E-state index in [1.165, 1.54) is 48.5 Å². The van der Waals surface area contributed by atoms with E-state index >= 15 is 14.4 Å². The van der Waals surface area contributed by atoms with Gasteiger partial charge in [-0.25, -0.2) is 8.42 Å². The lowest BCUT2D eigenvalue weighted by Crippen LogP contribution is -2.61. The van der Waals surface area contributed by atoms with Crippen molar-refractivity contribution in [2.45, 2.75) is 163 Å². The maximum Gasteiger partial charge on any atom is 0.303 e. The fourth-order valence-corrected chi connectivity index (χ4v) is 16.4. The molecular weight excluding hydrogens is 1450 g/mol. The normalized spacial score (nSPS) is 23.1. The number of carboxylic acid groups (broad SMARTS) is 1. The van der Waals surface area contributed by atoms with Crippen LogP contribution in [0.2, 0.25) is 0 Å². The fourth-order valence-electron chi connectivity index (χ4n) is 12.5. The molecule has 1 aromatic heterocycles. The summed E-state index contributed by atoms with van der Waals surface area (Å²) in [7, 11) is -2.38. The minimum atomic E-state index is -4.06. The van der Waals surface area contributed by atoms with Gasteiger partial charge in [0.15, 0.2) is 5.96 Å². The second kappa shape index (κ2) is 41.0. The first-order valence-corrected chi connectivity index (χ1v) is 39.0. The summed E-state index contributed by atoms with van der Waals surface area (Å²) < 4.78 is 27.7. The first-order chi connectivity index (χ1) is 51.0. The van der Waals surface area contributed by atoms with Crippen molar-refractivity contribution in [3.63, 3.8) is 0 Å². The largest absolute Gasteiger partial charge is 0.508 e. The van der Waals surface area contributed by atoms with E-state index in [1.807, 2.05) is 0 Å². The molecule has 3 aliphatic rings. The van der Waals surface area contributed by atoms with Crippen LogP contribution in [0.3, 0.4) is 0 Å². The molecule has 12 amide bonds. The highest BCUT2D eigenvalue weighted by Crippen LogP contribution is 2.30. The Morgan fingerprint density at radius 3 is 1.88 bits per heavy atom. The molecule has 107 heavy (non-hydrogen) atoms. The first-order valence-electron chi connectivity index (χ1n) is 34.9. The molecular formula is C68H94N18O18S3. The number of amides is 12. The van der Waals surface area contributed by atoms with Gasteiger partial charge >= 0.3 is 5.97 Å². The van der Waals surface area contributed by atoms with Crippen LogP contribution in [0.5, 0.6) is 11.5 Å². The zero-order valence-corrected chi connectivity index (χ0v) is 61.0. The van der Waals surface area contributed by atoms with Gasteiger partial charge < -0.3 is 102 Å². The molecule has 0 bridgehead atoms. The molecule has 39 heteroatoms. The molecule has 2 saturated heterocycles. The summed E-state index contributed by atoms with van der Waals surface area (Å²) in [5, 5.41) is 57.1. The van der Waals surface area contributed by atoms with Gasteiger partial charge in [0.1, 0.15) is 71.9 Å². The van der Waals surface area contributed by atoms with Crippen LogP contribution < -0.4 is 81.8 Å². The molecule has 0 radical (unpaired) electrons. The Morgan fingerprint density at radius 2 is 1.23 bits per heavy atom. The summed E-state index contributed by atoms with van der Waals surface area (Å²) in [4.78, 5) is 191. The molecule has 36 nitrogen and oxygen atoms in total. The van der Waals surface area contributed by atoms with Gasteiger partial charge in [-0.15, -0.1) is 0 Å². The number of phenolic OH excluding ortho intramolecular Hbond substituents is 2. The van der Waals surface area contributed by atoms with Crippen LogP contribution in [0.1, 0.15) is 100 Å². The third-order valence-electron chi connectivity index (χ3n) is 18.1. The standard InChI is InChI=1S/C68H94N18O18S3/c69-26-30-107(103,104)86-29-6-12-53(86)66(101)81-48(31-37-13-17-41(87)18-14-37)63(98)84-52-36-106-105-35-51(58(71)93)83-61(96)47(22-24-56(91)92)79-64(99)50(33-40-34-76-44-10-4-3-9-43(40)44)80-60(95)46(21-23-54(70)89)77-55(90)25-28-74-59(94)45(11-5-27-75-68(72)73)78-62(97)49(32-38-15-19-42(88)20-16-38)82-67(102)57(85-65(52)100)39-7-1-2-8-39/h3-4,9-10,13-20,34,39,45-53,57,76,87-88H,1-2,5-8,11-12,21-33,35-36,69H2,(H2,70,89)(H2,71,93)(H,74,94)(H,77,90)(H,78,97)(H,79,99)(H,80,95)(H,81,101)(H,82,102)(H,83,96)(H,84,98)(H,85,100)(H,91,92)(H4,72,73,75)/t45-,46-,47-,48-,49-,50-,51+,52-,53-,57-/m0/s1. The molecule has 10 atom stereocenters. The minimum Gasteiger partial charge on any atom is -0.508 e. The third-order valence-corrected chi connectivity index (χ3v) is 22.5. The SMILES string of the molecule is NCCS(=O)(=O)N1CCC[C@H]1C(=O)N[C@@H](Cc1ccc(O)cc1)C(=O)N[C@H]1CSSC[C@H](C(N)=O)NC(=O)[C@H](CCC(=O)O)NC(=O)[C@H](Cc2c[nH]c3ccccc23)NC(=O)[C@H](CCC(N)=O)NC(=O)CCNC(=O)[C@H](CCCN=C(N)N)NC(=O)[C@H](Cc2ccc(O)cc2)NC(=O)[C@H](C2CCCC2)NC1=O. The highest BCUT2D eigenvalue weighted by Gasteiger charge is 2.42. The molecule has 4 aromatic rings. The monoisotopic (exact) mass is 1550 g/mol. The molecule has 0 unspecified atom stereocenters. The number of guanidine groups is 1. The fraction of sp³-hybridized carbons (Fsp3) is 0.500. The van der Waals surface area contributed by atoms with Gasteiger partial charge in [-0.2, -0.15) is 4.31 Å². The summed E-state index contributed by atoms with van der Waals surface area (Å²) in [5.74, 6) is -15.5. The highest BCUT2D eigenvalue weighted by molar-refractivity contribution is 8.76. The number of para-hydroxylation sites is 1. The number of H-pyrrole nitrogens is 1. The molecule has 3 fully saturated rings. The Balaban J connectivity index is 1.28. The number of hydrogen-bond donors (Lipinski definition) is 19. The number of hydrogen-bond acceptors (Lipinski definition) is 21. The van der Waals surface area contributed by atoms with Crippen molar-refractivity contribution in [1.29, 1.82) is 0 Å². The maximum atomic E-state index is 15.3. The number of sulfonamides is 1. The molecule has 3 aromatic carbocycles. The van der Waals surface area contributed by atoms with E-state index < -0.39 is 209 Å². The number of nitrogens with two attached hydrogens (primary N) is 5. The highest BCUT2D eigenvalue weighted by atomic mass is 33.1. The van der Waals surface area contributed by atoms with Crippen LogP contribution in [0.15, 0.2) is 84.0 Å². The van der Waals surface area contributed by atoms with Gasteiger partial charge in [0.25, 0.3) is 0 Å². The first kappa shape index (κ1) is 84.0. The van der Waals surface area contributed by atoms with Gasteiger partial charge in [0.2, 0.25) is 80.9 Å². The van der Waals surface area contributed by atoms with Gasteiger partial charge in [-0.05, 0) is 104 Å². The number of carboxylic acids is 1. The van der Waals surface area contributed by atoms with Crippen molar-refractivity contribution in [2.24, 2.45) is 39.6 Å². The number of aromatic nitrogens is 1. The lowest BCUT2D eigenvalue weighted by molar-refractivity contribution is -0.138. The average Bonchev–Trinajstić information content (AvgIpc) is 1.64. The van der Waals surface area contributed by atoms with Gasteiger partial charge in [-0.3, -0.25) is 67.3 Å². The van der Waals surface area contributed by atoms with Gasteiger partial charge in [0.05, 0.1) is 5.75 Å². The summed E-state index contributed by atoms with van der Waals surface area (Å²) in [6.07, 6.45) is 0.163. The van der Waals surface area contributed by atoms with E-state index in [2.05, 4.69) is 63.1 Å². The Hall–Kier alpha value is -10.3. The van der Waals surface area contributed by atoms with Crippen molar-refractivity contribution in [3.05, 3.63) is 95.7 Å². The molecule has 24 N–H and O–H groups in total. The number of aliphatic imine (C=N–C) groups is 1. The Kier molecular flexibility index (Phi) is 32.2. The van der Waals surface area contributed by atoms with Crippen molar-refractivity contribution in [3.8, 4) is 11.5 Å². The van der Waals surface area contributed by atoms with Gasteiger partial charge in [-0.1, -0.05) is 76.9 Å². The lowest BCUT2D eigenvalue weighted by atomic mass is 9.95. The van der Waals surface area contributed by atoms with E-state index in [-0.39, 0.29) is 82.0 Å². The molecule has 582 valence electrons. The lowest BCUT2D eigenvalue weighted by Gasteiger charge is -2.30. The number of fused-ring (bicyclic) bond motifs is 1. The van der Waals surface area contributed by atoms with E-state index in [4.69, 9.17) is 28.7 Å². The van der Waals surface area contributed by atoms with Crippen molar-refractivity contribution < 1.29 is 86.1 Å². The van der Waals surface area contributed by atoms with Crippen LogP contribution in [0.4, 0.5) is 0 Å². The smallest absolute Gasteiger partial charge is 0.303 e. The number of carbonyl (C=O) groups is 13. The molecule has 2 aliphatic heterocycles. The topological polar surface area (TPSA) is 599 Å². The van der Waals surface area contributed by atoms with Crippen molar-refractivity contribution in [2.75, 3.05) is 43.4 Å². The Bertz CT molecular complexity index is 3970. The zero-order chi connectivity index (χ0) is 77.9. The summed E-state index contributed by atoms with van der Waals surface area (Å²) in [6.45, 7) is -0.741. The van der Waals surface area contributed by atoms with E-state index in [0.717, 1.165) is 25.9 Å². The van der Waals surface area contributed by atoms with Crippen molar-refractivity contribution in [1.82, 2.24) is 62.5 Å². The number of nitrogens with zero attached hydrogens (tertiary/aromatic N) is 2. The molecule has 7 rings (SSSR count). The average molecular weight is 1550 g/mol. The number of rotatable bonds is 25. The quantitative estimate of drug-likeness (QED) is 0.0132. The second-order valence-corrected chi connectivity index (χ2v) is 30.7. The summed E-state index contributed by atoms with van der Waals surface area (Å²) >= 11 is 0. The van der Waals surface area contributed by atoms with E-state index in [1.54, 1.807) is 30.5 Å². The maximum absolute atomic E-state index is 15.3. The Labute approximate surface area is 624 Å². The number of aromatic amines is 1.